The Balaban J connectivity index is 3.13. The molecule has 1 aromatic rings. The van der Waals surface area contributed by atoms with Crippen molar-refractivity contribution in [1.29, 1.82) is 0 Å². The SMILES string of the molecule is COC(=O)c1cc(Br)cnc1SC(F)(F)F. The van der Waals surface area contributed by atoms with Crippen molar-refractivity contribution >= 4 is 33.7 Å². The molecular formula is C8H5BrF3NO2S. The summed E-state index contributed by atoms with van der Waals surface area (Å²) in [7, 11) is 1.09. The monoisotopic (exact) mass is 315 g/mol. The van der Waals surface area contributed by atoms with Gasteiger partial charge in [0.15, 0.2) is 0 Å². The number of halogens is 4. The van der Waals surface area contributed by atoms with Crippen molar-refractivity contribution in [2.75, 3.05) is 7.11 Å². The van der Waals surface area contributed by atoms with Crippen LogP contribution in [0.2, 0.25) is 0 Å². The first kappa shape index (κ1) is 13.3. The summed E-state index contributed by atoms with van der Waals surface area (Å²) in [5.41, 5.74) is -4.72. The first-order chi connectivity index (χ1) is 7.33. The predicted molar refractivity (Wildman–Crippen MR) is 55.2 cm³/mol. The fourth-order valence-electron chi connectivity index (χ4n) is 0.874. The number of esters is 1. The molecule has 0 bridgehead atoms. The van der Waals surface area contributed by atoms with E-state index in [1.807, 2.05) is 0 Å². The van der Waals surface area contributed by atoms with E-state index in [-0.39, 0.29) is 5.56 Å². The van der Waals surface area contributed by atoms with Gasteiger partial charge in [-0.3, -0.25) is 0 Å². The molecule has 0 radical (unpaired) electrons. The molecule has 0 spiro atoms. The van der Waals surface area contributed by atoms with E-state index < -0.39 is 28.3 Å². The third kappa shape index (κ3) is 3.67. The number of rotatable bonds is 2. The molecule has 0 aliphatic heterocycles. The number of hydrogen-bond donors (Lipinski definition) is 0. The minimum atomic E-state index is -4.50. The lowest BCUT2D eigenvalue weighted by Crippen LogP contribution is -2.08. The van der Waals surface area contributed by atoms with Crippen LogP contribution in [0, 0.1) is 0 Å². The van der Waals surface area contributed by atoms with Crippen molar-refractivity contribution in [3.63, 3.8) is 0 Å². The Bertz CT molecular complexity index is 411. The normalized spacial score (nSPS) is 11.3. The van der Waals surface area contributed by atoms with Gasteiger partial charge in [-0.05, 0) is 22.0 Å². The van der Waals surface area contributed by atoms with Gasteiger partial charge in [0, 0.05) is 22.4 Å². The molecule has 0 aliphatic rings. The van der Waals surface area contributed by atoms with E-state index in [2.05, 4.69) is 25.7 Å². The highest BCUT2D eigenvalue weighted by Crippen LogP contribution is 2.38. The lowest BCUT2D eigenvalue weighted by atomic mass is 10.3. The second kappa shape index (κ2) is 5.05. The second-order valence-electron chi connectivity index (χ2n) is 2.55. The van der Waals surface area contributed by atoms with Crippen LogP contribution < -0.4 is 0 Å². The maximum atomic E-state index is 12.1. The predicted octanol–water partition coefficient (Wildman–Crippen LogP) is 3.24. The molecule has 0 N–H and O–H groups in total. The van der Waals surface area contributed by atoms with Crippen molar-refractivity contribution in [3.8, 4) is 0 Å². The number of carbonyl (C=O) groups is 1. The van der Waals surface area contributed by atoms with Crippen LogP contribution in [-0.4, -0.2) is 23.6 Å². The van der Waals surface area contributed by atoms with Gasteiger partial charge in [0.05, 0.1) is 12.7 Å². The zero-order chi connectivity index (χ0) is 12.3. The van der Waals surface area contributed by atoms with Crippen molar-refractivity contribution < 1.29 is 22.7 Å². The largest absolute Gasteiger partial charge is 0.465 e. The van der Waals surface area contributed by atoms with E-state index in [1.165, 1.54) is 12.3 Å². The molecule has 0 aliphatic carbocycles. The average Bonchev–Trinajstić information content (AvgIpc) is 2.17. The molecule has 1 heterocycles. The minimum Gasteiger partial charge on any atom is -0.465 e. The summed E-state index contributed by atoms with van der Waals surface area (Å²) in [5, 5.41) is -0.428. The fourth-order valence-corrected chi connectivity index (χ4v) is 1.78. The fraction of sp³-hybridized carbons (Fsp3) is 0.250. The van der Waals surface area contributed by atoms with Gasteiger partial charge in [-0.1, -0.05) is 0 Å². The molecule has 1 aromatic heterocycles. The van der Waals surface area contributed by atoms with E-state index in [4.69, 9.17) is 0 Å². The molecule has 0 aromatic carbocycles. The molecule has 0 atom stereocenters. The van der Waals surface area contributed by atoms with Crippen LogP contribution in [0.15, 0.2) is 21.8 Å². The summed E-state index contributed by atoms with van der Waals surface area (Å²) in [6, 6.07) is 1.23. The lowest BCUT2D eigenvalue weighted by molar-refractivity contribution is -0.0329. The van der Waals surface area contributed by atoms with Crippen LogP contribution in [0.25, 0.3) is 0 Å². The minimum absolute atomic E-state index is 0.223. The van der Waals surface area contributed by atoms with Gasteiger partial charge in [0.2, 0.25) is 0 Å². The number of hydrogen-bond acceptors (Lipinski definition) is 4. The number of ether oxygens (including phenoxy) is 1. The van der Waals surface area contributed by atoms with Crippen LogP contribution in [0.5, 0.6) is 0 Å². The van der Waals surface area contributed by atoms with Gasteiger partial charge in [0.1, 0.15) is 5.03 Å². The van der Waals surface area contributed by atoms with Gasteiger partial charge in [-0.15, -0.1) is 0 Å². The molecular weight excluding hydrogens is 311 g/mol. The lowest BCUT2D eigenvalue weighted by Gasteiger charge is -2.08. The number of nitrogens with zero attached hydrogens (tertiary/aromatic N) is 1. The van der Waals surface area contributed by atoms with Gasteiger partial charge in [-0.2, -0.15) is 13.2 Å². The molecule has 0 saturated carbocycles. The average molecular weight is 316 g/mol. The van der Waals surface area contributed by atoms with Crippen LogP contribution in [0.3, 0.4) is 0 Å². The molecule has 0 fully saturated rings. The number of thioether (sulfide) groups is 1. The van der Waals surface area contributed by atoms with Crippen molar-refractivity contribution in [2.45, 2.75) is 10.5 Å². The maximum absolute atomic E-state index is 12.1. The molecule has 88 valence electrons. The third-order valence-electron chi connectivity index (χ3n) is 1.44. The van der Waals surface area contributed by atoms with E-state index in [0.717, 1.165) is 7.11 Å². The van der Waals surface area contributed by atoms with E-state index >= 15 is 0 Å². The Morgan fingerprint density at radius 1 is 1.56 bits per heavy atom. The highest BCUT2D eigenvalue weighted by atomic mass is 79.9. The van der Waals surface area contributed by atoms with E-state index in [9.17, 15) is 18.0 Å². The Labute approximate surface area is 102 Å². The van der Waals surface area contributed by atoms with Crippen molar-refractivity contribution in [1.82, 2.24) is 4.98 Å². The van der Waals surface area contributed by atoms with Gasteiger partial charge < -0.3 is 4.74 Å². The van der Waals surface area contributed by atoms with E-state index in [0.29, 0.717) is 4.47 Å². The van der Waals surface area contributed by atoms with Crippen molar-refractivity contribution in [2.24, 2.45) is 0 Å². The maximum Gasteiger partial charge on any atom is 0.447 e. The van der Waals surface area contributed by atoms with Gasteiger partial charge in [-0.25, -0.2) is 9.78 Å². The first-order valence-electron chi connectivity index (χ1n) is 3.83. The highest BCUT2D eigenvalue weighted by Gasteiger charge is 2.32. The Morgan fingerprint density at radius 3 is 2.69 bits per heavy atom. The highest BCUT2D eigenvalue weighted by molar-refractivity contribution is 9.10. The summed E-state index contributed by atoms with van der Waals surface area (Å²) in [6.07, 6.45) is 1.18. The van der Waals surface area contributed by atoms with Crippen LogP contribution in [0.4, 0.5) is 13.2 Å². The summed E-state index contributed by atoms with van der Waals surface area (Å²) in [5.74, 6) is -0.861. The third-order valence-corrected chi connectivity index (χ3v) is 2.62. The second-order valence-corrected chi connectivity index (χ2v) is 4.52. The number of alkyl halides is 3. The summed E-state index contributed by atoms with van der Waals surface area (Å²) in [6.45, 7) is 0. The number of carbonyl (C=O) groups excluding carboxylic acids is 1. The number of aromatic nitrogens is 1. The molecule has 3 nitrogen and oxygen atoms in total. The molecule has 0 saturated heterocycles. The molecule has 1 rings (SSSR count). The van der Waals surface area contributed by atoms with Gasteiger partial charge in [0.25, 0.3) is 0 Å². The van der Waals surface area contributed by atoms with Crippen LogP contribution >= 0.6 is 27.7 Å². The quantitative estimate of drug-likeness (QED) is 0.620. The first-order valence-corrected chi connectivity index (χ1v) is 5.44. The molecule has 8 heteroatoms. The number of methoxy groups -OCH3 is 1. The van der Waals surface area contributed by atoms with Crippen LogP contribution in [0.1, 0.15) is 10.4 Å². The topological polar surface area (TPSA) is 39.2 Å². The Morgan fingerprint density at radius 2 is 2.19 bits per heavy atom. The zero-order valence-electron chi connectivity index (χ0n) is 7.84. The summed E-state index contributed by atoms with van der Waals surface area (Å²) in [4.78, 5) is 14.7. The molecule has 0 unspecified atom stereocenters. The number of pyridine rings is 1. The Kier molecular flexibility index (Phi) is 4.20. The molecule has 0 amide bonds. The molecule has 16 heavy (non-hydrogen) atoms. The Hall–Kier alpha value is -0.760. The summed E-state index contributed by atoms with van der Waals surface area (Å²) < 4.78 is 41.2. The summed E-state index contributed by atoms with van der Waals surface area (Å²) >= 11 is 2.56. The smallest absolute Gasteiger partial charge is 0.447 e. The van der Waals surface area contributed by atoms with Crippen molar-refractivity contribution in [3.05, 3.63) is 22.3 Å². The van der Waals surface area contributed by atoms with Crippen LogP contribution in [-0.2, 0) is 4.74 Å². The zero-order valence-corrected chi connectivity index (χ0v) is 10.2. The van der Waals surface area contributed by atoms with Gasteiger partial charge >= 0.3 is 11.5 Å². The van der Waals surface area contributed by atoms with E-state index in [1.54, 1.807) is 0 Å². The standard InChI is InChI=1S/C8H5BrF3NO2S/c1-15-7(14)5-2-4(9)3-13-6(5)16-8(10,11)12/h2-3H,1H3.